The molecule has 7 heavy (non-hydrogen) atoms. The molecule has 0 heterocycles. The van der Waals surface area contributed by atoms with Crippen LogP contribution in [0.15, 0.2) is 0 Å². The molecule has 0 aliphatic rings. The van der Waals surface area contributed by atoms with Gasteiger partial charge < -0.3 is 10.8 Å². The van der Waals surface area contributed by atoms with Crippen LogP contribution in [-0.4, -0.2) is 25.0 Å². The molecule has 3 nitrogen and oxygen atoms in total. The highest BCUT2D eigenvalue weighted by Gasteiger charge is 2.09. The minimum Gasteiger partial charge on any atom is -0.480 e. The van der Waals surface area contributed by atoms with E-state index in [1.54, 1.807) is 0 Å². The molecule has 0 bridgehead atoms. The van der Waals surface area contributed by atoms with Crippen LogP contribution in [0.3, 0.4) is 0 Å². The normalized spacial score (nSPS) is 35.4. The number of hydrogen-bond acceptors (Lipinski definition) is 2. The molecule has 0 rings (SSSR count). The molecule has 0 aromatic carbocycles. The lowest BCUT2D eigenvalue weighted by Gasteiger charge is -1.92. The van der Waals surface area contributed by atoms with Crippen molar-refractivity contribution in [3.8, 4) is 0 Å². The Morgan fingerprint density at radius 3 is 3.57 bits per heavy atom. The van der Waals surface area contributed by atoms with Crippen LogP contribution in [0.5, 0.6) is 0 Å². The first-order valence-electron chi connectivity index (χ1n) is 4.57. The quantitative estimate of drug-likeness (QED) is 0.450. The van der Waals surface area contributed by atoms with Crippen LogP contribution >= 0.6 is 0 Å². The van der Waals surface area contributed by atoms with Gasteiger partial charge in [-0.25, -0.2) is 0 Å². The fourth-order valence-corrected chi connectivity index (χ4v) is 0.131. The molecule has 3 N–H and O–H groups in total. The summed E-state index contributed by atoms with van der Waals surface area (Å²) < 4.78 is 48.0. The maximum Gasteiger partial charge on any atom is 0.355 e. The Labute approximate surface area is 56.2 Å². The third-order valence-electron chi connectivity index (χ3n) is 0.299. The lowest BCUT2D eigenvalue weighted by Crippen LogP contribution is -2.32. The molecular weight excluding hydrogens is 114 g/mol. The number of carboxylic acid groups (broad SMARTS) is 1. The molecule has 0 spiro atoms. The average Bonchev–Trinajstić information content (AvgIpc) is 2.01. The van der Waals surface area contributed by atoms with Crippen molar-refractivity contribution in [3.05, 3.63) is 0 Å². The van der Waals surface area contributed by atoms with Gasteiger partial charge in [-0.05, 0) is 12.4 Å². The standard InChI is InChI=1S/C3H7NO2S/c4-2(1-7)3(5)6/h2,7H,1,4H2,(H,5,6)/p+1/t2-/m0/s1/i1D2,2D/hD4. The van der Waals surface area contributed by atoms with Crippen molar-refractivity contribution < 1.29 is 16.8 Å². The second-order valence-corrected chi connectivity index (χ2v) is 0.960. The van der Waals surface area contributed by atoms with Crippen molar-refractivity contribution in [3.63, 3.8) is 0 Å². The minimum absolute atomic E-state index is 0.654. The first kappa shape index (κ1) is 1.39. The first-order valence-corrected chi connectivity index (χ1v) is 1.76. The summed E-state index contributed by atoms with van der Waals surface area (Å²) in [5, 5.41) is 8.52. The van der Waals surface area contributed by atoms with Crippen LogP contribution in [-0.2, 0) is 17.2 Å². The number of nitrogens with two attached hydrogens (primary N) is 1. The largest absolute Gasteiger partial charge is 0.480 e. The molecule has 42 valence electrons. The number of hydrogen-bond donors (Lipinski definition) is 2. The monoisotopic (exact) mass is 129 g/mol. The number of aliphatic carboxylic acids is 1. The van der Waals surface area contributed by atoms with Gasteiger partial charge in [-0.15, -0.1) is 0 Å². The van der Waals surface area contributed by atoms with Crippen LogP contribution < -0.4 is 5.72 Å². The van der Waals surface area contributed by atoms with E-state index in [0.29, 0.717) is 0 Å². The summed E-state index contributed by atoms with van der Waals surface area (Å²) in [5.74, 6) is -2.08. The third kappa shape index (κ3) is 2.47. The Morgan fingerprint density at radius 2 is 3.43 bits per heavy atom. The molecule has 0 unspecified atom stereocenters. The maximum atomic E-state index is 10.5. The molecule has 4 heteroatoms. The van der Waals surface area contributed by atoms with E-state index in [1.165, 1.54) is 0 Å². The highest BCUT2D eigenvalue weighted by atomic mass is 32.1. The van der Waals surface area contributed by atoms with Gasteiger partial charge in [0.2, 0.25) is 0 Å². The van der Waals surface area contributed by atoms with E-state index >= 15 is 0 Å². The summed E-state index contributed by atoms with van der Waals surface area (Å²) >= 11 is -2.55. The zero-order valence-electron chi connectivity index (χ0n) is 10.2. The zero-order chi connectivity index (χ0) is 11.7. The molecule has 0 radical (unpaired) electrons. The van der Waals surface area contributed by atoms with E-state index in [1.807, 2.05) is 0 Å². The van der Waals surface area contributed by atoms with Crippen LogP contribution in [0.1, 0.15) is 4.11 Å². The van der Waals surface area contributed by atoms with Crippen molar-refractivity contribution in [2.24, 2.45) is 5.72 Å². The molecule has 0 saturated heterocycles. The molecule has 0 aliphatic carbocycles. The molecule has 0 aliphatic heterocycles. The van der Waals surface area contributed by atoms with Gasteiger partial charge in [0, 0.05) is 0 Å². The van der Waals surface area contributed by atoms with Gasteiger partial charge in [0.1, 0.15) is 14.5 Å². The van der Waals surface area contributed by atoms with Gasteiger partial charge in [-0.2, -0.15) is 0 Å². The first-order chi connectivity index (χ1) is 6.08. The Balaban J connectivity index is 5.32. The van der Waals surface area contributed by atoms with Crippen molar-refractivity contribution >= 4 is 18.4 Å². The maximum absolute atomic E-state index is 10.5. The Morgan fingerprint density at radius 1 is 2.71 bits per heavy atom. The summed E-state index contributed by atoms with van der Waals surface area (Å²) in [5.41, 5.74) is -3.78. The SMILES string of the molecule is [2H]N([2H])[C@]([2H])(C(=O)O)C([2H])([2H])[S+]([2H])[2H]. The van der Waals surface area contributed by atoms with Gasteiger partial charge in [0.15, 0.2) is 0 Å². The summed E-state index contributed by atoms with van der Waals surface area (Å²) in [7, 11) is 0. The minimum atomic E-state index is -3.28. The molecule has 0 saturated carbocycles. The van der Waals surface area contributed by atoms with Crippen LogP contribution in [0, 0.1) is 0 Å². The molecule has 0 fully saturated rings. The van der Waals surface area contributed by atoms with Crippen LogP contribution in [0.4, 0.5) is 0 Å². The summed E-state index contributed by atoms with van der Waals surface area (Å²) in [6, 6.07) is -3.28. The summed E-state index contributed by atoms with van der Waals surface area (Å²) in [4.78, 5) is 10.5. The van der Waals surface area contributed by atoms with Gasteiger partial charge in [0.05, 0.1) is 4.11 Å². The third-order valence-corrected chi connectivity index (χ3v) is 0.493. The number of rotatable bonds is 4. The smallest absolute Gasteiger partial charge is 0.355 e. The fraction of sp³-hybridized carbons (Fsp3) is 0.667. The lowest BCUT2D eigenvalue weighted by molar-refractivity contribution is -0.137. The highest BCUT2D eigenvalue weighted by Crippen LogP contribution is 1.72. The Hall–Kier alpha value is -0.220. The molecule has 0 aromatic rings. The van der Waals surface area contributed by atoms with E-state index < -0.39 is 35.8 Å². The predicted octanol–water partition coefficient (Wildman–Crippen LogP) is -1.59. The van der Waals surface area contributed by atoms with E-state index in [4.69, 9.17) is 14.3 Å². The van der Waals surface area contributed by atoms with Gasteiger partial charge >= 0.3 is 8.22 Å². The second-order valence-electron chi connectivity index (χ2n) is 0.756. The fourth-order valence-electron chi connectivity index (χ4n) is 0.0437. The number of carboxylic acids is 1. The van der Waals surface area contributed by atoms with Crippen molar-refractivity contribution in [1.29, 1.82) is 2.25 Å². The van der Waals surface area contributed by atoms with Gasteiger partial charge in [-0.1, -0.05) is 0 Å². The molecular formula is C3H8NO2S+. The lowest BCUT2D eigenvalue weighted by atomic mass is 10.4. The van der Waals surface area contributed by atoms with E-state index in [2.05, 4.69) is 0 Å². The van der Waals surface area contributed by atoms with Crippen LogP contribution in [0.25, 0.3) is 0 Å². The van der Waals surface area contributed by atoms with E-state index in [0.717, 1.165) is 0 Å². The molecule has 0 amide bonds. The van der Waals surface area contributed by atoms with Gasteiger partial charge in [-0.3, -0.25) is 4.79 Å². The number of carbonyl (C=O) groups is 1. The summed E-state index contributed by atoms with van der Waals surface area (Å²) in [6.45, 7) is 0. The zero-order valence-corrected chi connectivity index (χ0v) is 4.03. The van der Waals surface area contributed by atoms with E-state index in [9.17, 15) is 4.79 Å². The van der Waals surface area contributed by atoms with Gasteiger partial charge in [0.25, 0.3) is 0 Å². The molecule has 1 atom stereocenters. The van der Waals surface area contributed by atoms with Crippen molar-refractivity contribution in [1.82, 2.24) is 0 Å². The Kier molecular flexibility index (Phi) is 0.569. The second kappa shape index (κ2) is 2.87. The molecule has 0 aromatic heterocycles. The van der Waals surface area contributed by atoms with Crippen molar-refractivity contribution in [2.75, 3.05) is 5.70 Å². The van der Waals surface area contributed by atoms with Crippen LogP contribution in [0.2, 0.25) is 2.82 Å². The Bertz CT molecular complexity index is 235. The highest BCUT2D eigenvalue weighted by molar-refractivity contribution is 7.58. The average molecular weight is 129 g/mol. The van der Waals surface area contributed by atoms with E-state index in [-0.39, 0.29) is 0 Å². The predicted molar refractivity (Wildman–Crippen MR) is 30.6 cm³/mol. The summed E-state index contributed by atoms with van der Waals surface area (Å²) in [6.07, 6.45) is 0. The topological polar surface area (TPSA) is 63.3 Å². The van der Waals surface area contributed by atoms with Crippen molar-refractivity contribution in [2.45, 2.75) is 6.02 Å².